The zero-order chi connectivity index (χ0) is 17.1. The summed E-state index contributed by atoms with van der Waals surface area (Å²) in [5.74, 6) is -1.51. The molecule has 0 fully saturated rings. The lowest BCUT2D eigenvalue weighted by atomic mass is 10.1. The van der Waals surface area contributed by atoms with Crippen LogP contribution >= 0.6 is 11.6 Å². The number of halogens is 2. The Morgan fingerprint density at radius 1 is 1.35 bits per heavy atom. The first-order valence-electron chi connectivity index (χ1n) is 6.81. The van der Waals surface area contributed by atoms with Crippen molar-refractivity contribution in [2.75, 3.05) is 0 Å². The number of benzene rings is 2. The van der Waals surface area contributed by atoms with Crippen LogP contribution in [0.25, 0.3) is 0 Å². The molecule has 1 amide bonds. The highest BCUT2D eigenvalue weighted by Crippen LogP contribution is 2.24. The molecule has 0 aliphatic rings. The zero-order valence-corrected chi connectivity index (χ0v) is 13.2. The number of amides is 1. The van der Waals surface area contributed by atoms with Gasteiger partial charge in [0.1, 0.15) is 5.82 Å². The van der Waals surface area contributed by atoms with E-state index in [0.29, 0.717) is 10.6 Å². The SMILES string of the molecule is Cc1cc([N+](=O)[O-])cc(C(=O)N[C@@H](C)c2ccccc2Cl)c1F. The van der Waals surface area contributed by atoms with Crippen LogP contribution < -0.4 is 5.32 Å². The highest BCUT2D eigenvalue weighted by molar-refractivity contribution is 6.31. The number of nitro benzene ring substituents is 1. The van der Waals surface area contributed by atoms with Crippen molar-refractivity contribution in [1.82, 2.24) is 5.32 Å². The Kier molecular flexibility index (Phi) is 4.95. The fourth-order valence-electron chi connectivity index (χ4n) is 2.20. The third-order valence-electron chi connectivity index (χ3n) is 3.41. The van der Waals surface area contributed by atoms with Crippen LogP contribution in [0.2, 0.25) is 5.02 Å². The van der Waals surface area contributed by atoms with Crippen LogP contribution in [0, 0.1) is 22.9 Å². The average molecular weight is 337 g/mol. The van der Waals surface area contributed by atoms with Gasteiger partial charge in [0.2, 0.25) is 0 Å². The number of carbonyl (C=O) groups excluding carboxylic acids is 1. The van der Waals surface area contributed by atoms with Crippen molar-refractivity contribution in [2.45, 2.75) is 19.9 Å². The molecule has 0 heterocycles. The number of nitrogens with one attached hydrogen (secondary N) is 1. The summed E-state index contributed by atoms with van der Waals surface area (Å²) < 4.78 is 14.1. The van der Waals surface area contributed by atoms with Gasteiger partial charge in [-0.2, -0.15) is 0 Å². The van der Waals surface area contributed by atoms with Gasteiger partial charge in [0.25, 0.3) is 11.6 Å². The van der Waals surface area contributed by atoms with E-state index in [1.807, 2.05) is 0 Å². The fraction of sp³-hybridized carbons (Fsp3) is 0.188. The summed E-state index contributed by atoms with van der Waals surface area (Å²) in [6.45, 7) is 3.07. The molecule has 0 unspecified atom stereocenters. The van der Waals surface area contributed by atoms with E-state index in [4.69, 9.17) is 11.6 Å². The smallest absolute Gasteiger partial charge is 0.270 e. The van der Waals surface area contributed by atoms with Crippen molar-refractivity contribution in [3.63, 3.8) is 0 Å². The maximum atomic E-state index is 14.1. The Morgan fingerprint density at radius 2 is 2.00 bits per heavy atom. The van der Waals surface area contributed by atoms with Gasteiger partial charge < -0.3 is 5.32 Å². The van der Waals surface area contributed by atoms with Crippen molar-refractivity contribution in [3.8, 4) is 0 Å². The maximum absolute atomic E-state index is 14.1. The van der Waals surface area contributed by atoms with Crippen molar-refractivity contribution in [1.29, 1.82) is 0 Å². The van der Waals surface area contributed by atoms with Gasteiger partial charge in [-0.15, -0.1) is 0 Å². The molecule has 120 valence electrons. The van der Waals surface area contributed by atoms with Gasteiger partial charge in [-0.05, 0) is 31.0 Å². The molecule has 2 aromatic rings. The number of nitro groups is 1. The molecular formula is C16H14ClFN2O3. The topological polar surface area (TPSA) is 72.2 Å². The Labute approximate surface area is 137 Å². The number of carbonyl (C=O) groups is 1. The van der Waals surface area contributed by atoms with Gasteiger partial charge >= 0.3 is 0 Å². The van der Waals surface area contributed by atoms with Gasteiger partial charge in [0, 0.05) is 17.2 Å². The van der Waals surface area contributed by atoms with Crippen molar-refractivity contribution >= 4 is 23.2 Å². The molecule has 2 aromatic carbocycles. The number of hydrogen-bond donors (Lipinski definition) is 1. The molecule has 7 heteroatoms. The Morgan fingerprint density at radius 3 is 2.61 bits per heavy atom. The Balaban J connectivity index is 2.31. The van der Waals surface area contributed by atoms with Crippen LogP contribution in [0.5, 0.6) is 0 Å². The van der Waals surface area contributed by atoms with Crippen LogP contribution in [-0.4, -0.2) is 10.8 Å². The third kappa shape index (κ3) is 3.65. The molecule has 5 nitrogen and oxygen atoms in total. The first-order chi connectivity index (χ1) is 10.8. The van der Waals surface area contributed by atoms with Crippen LogP contribution in [-0.2, 0) is 0 Å². The van der Waals surface area contributed by atoms with Gasteiger partial charge in [-0.1, -0.05) is 29.8 Å². The molecule has 0 aliphatic heterocycles. The predicted molar refractivity (Wildman–Crippen MR) is 85.1 cm³/mol. The minimum atomic E-state index is -0.778. The van der Waals surface area contributed by atoms with Crippen molar-refractivity contribution in [3.05, 3.63) is 74.0 Å². The lowest BCUT2D eigenvalue weighted by Gasteiger charge is -2.16. The summed E-state index contributed by atoms with van der Waals surface area (Å²) in [7, 11) is 0. The first kappa shape index (κ1) is 16.9. The van der Waals surface area contributed by atoms with Crippen molar-refractivity contribution < 1.29 is 14.1 Å². The standard InChI is InChI=1S/C16H14ClFN2O3/c1-9-7-11(20(22)23)8-13(15(9)18)16(21)19-10(2)12-5-3-4-6-14(12)17/h3-8,10H,1-2H3,(H,19,21)/t10-/m0/s1. The summed E-state index contributed by atoms with van der Waals surface area (Å²) in [6, 6.07) is 8.47. The van der Waals surface area contributed by atoms with Crippen LogP contribution in [0.4, 0.5) is 10.1 Å². The summed E-state index contributed by atoms with van der Waals surface area (Å²) in [5.41, 5.74) is 0.00914. The van der Waals surface area contributed by atoms with Crippen LogP contribution in [0.1, 0.15) is 34.5 Å². The molecule has 2 rings (SSSR count). The van der Waals surface area contributed by atoms with Crippen molar-refractivity contribution in [2.24, 2.45) is 0 Å². The molecule has 0 saturated carbocycles. The number of aryl methyl sites for hydroxylation is 1. The maximum Gasteiger partial charge on any atom is 0.270 e. The zero-order valence-electron chi connectivity index (χ0n) is 12.5. The van der Waals surface area contributed by atoms with Crippen LogP contribution in [0.3, 0.4) is 0 Å². The Hall–Kier alpha value is -2.47. The van der Waals surface area contributed by atoms with E-state index < -0.39 is 22.7 Å². The lowest BCUT2D eigenvalue weighted by molar-refractivity contribution is -0.385. The molecule has 0 saturated heterocycles. The van der Waals surface area contributed by atoms with Crippen LogP contribution in [0.15, 0.2) is 36.4 Å². The van der Waals surface area contributed by atoms with E-state index in [1.54, 1.807) is 31.2 Å². The van der Waals surface area contributed by atoms with E-state index in [0.717, 1.165) is 12.1 Å². The number of nitrogens with zero attached hydrogens (tertiary/aromatic N) is 1. The minimum Gasteiger partial charge on any atom is -0.345 e. The summed E-state index contributed by atoms with van der Waals surface area (Å²) in [4.78, 5) is 22.5. The molecule has 0 bridgehead atoms. The average Bonchev–Trinajstić information content (AvgIpc) is 2.49. The number of non-ortho nitro benzene ring substituents is 1. The molecule has 0 radical (unpaired) electrons. The summed E-state index contributed by atoms with van der Waals surface area (Å²) in [6.07, 6.45) is 0. The normalized spacial score (nSPS) is 11.8. The lowest BCUT2D eigenvalue weighted by Crippen LogP contribution is -2.28. The monoisotopic (exact) mass is 336 g/mol. The number of rotatable bonds is 4. The van der Waals surface area contributed by atoms with Gasteiger partial charge in [-0.25, -0.2) is 4.39 Å². The van der Waals surface area contributed by atoms with Gasteiger partial charge in [0.15, 0.2) is 0 Å². The van der Waals surface area contributed by atoms with E-state index in [-0.39, 0.29) is 16.8 Å². The highest BCUT2D eigenvalue weighted by Gasteiger charge is 2.21. The molecule has 1 N–H and O–H groups in total. The highest BCUT2D eigenvalue weighted by atomic mass is 35.5. The van der Waals surface area contributed by atoms with E-state index in [1.165, 1.54) is 6.92 Å². The second-order valence-electron chi connectivity index (χ2n) is 5.10. The minimum absolute atomic E-state index is 0.0368. The molecular weight excluding hydrogens is 323 g/mol. The Bertz CT molecular complexity index is 780. The van der Waals surface area contributed by atoms with E-state index in [2.05, 4.69) is 5.32 Å². The molecule has 0 spiro atoms. The summed E-state index contributed by atoms with van der Waals surface area (Å²) >= 11 is 6.06. The molecule has 23 heavy (non-hydrogen) atoms. The molecule has 0 aromatic heterocycles. The quantitative estimate of drug-likeness (QED) is 0.672. The first-order valence-corrected chi connectivity index (χ1v) is 7.19. The fourth-order valence-corrected chi connectivity index (χ4v) is 2.50. The second kappa shape index (κ2) is 6.75. The summed E-state index contributed by atoms with van der Waals surface area (Å²) in [5, 5.41) is 13.9. The number of hydrogen-bond acceptors (Lipinski definition) is 3. The third-order valence-corrected chi connectivity index (χ3v) is 3.76. The molecule has 1 atom stereocenters. The predicted octanol–water partition coefficient (Wildman–Crippen LogP) is 4.19. The largest absolute Gasteiger partial charge is 0.345 e. The molecule has 0 aliphatic carbocycles. The van der Waals surface area contributed by atoms with Gasteiger partial charge in [-0.3, -0.25) is 14.9 Å². The van der Waals surface area contributed by atoms with Gasteiger partial charge in [0.05, 0.1) is 16.5 Å². The van der Waals surface area contributed by atoms with E-state index >= 15 is 0 Å². The van der Waals surface area contributed by atoms with E-state index in [9.17, 15) is 19.3 Å². The second-order valence-corrected chi connectivity index (χ2v) is 5.51.